The molecule has 3 aliphatic rings. The SMILES string of the molecule is CCN(CC)c1ccc(-c2cnc(Nc3ccc4c(c3O)C(O)=C3C(=O)[C@]5(O)C(O)=C(C(N)=O)C(=O)C[C@@H]5C[C@@H]3C4)s2)cc1. The number of aromatic nitrogens is 1. The molecule has 0 radical (unpaired) electrons. The number of Topliss-reactive ketones (excluding diaryl/α,β-unsaturated/α-hetero) is 2. The Bertz CT molecular complexity index is 1770. The molecule has 3 aliphatic carbocycles. The molecule has 0 aliphatic heterocycles. The second-order valence-corrected chi connectivity index (χ2v) is 12.3. The number of amides is 1. The number of rotatable bonds is 7. The van der Waals surface area contributed by atoms with Crippen LogP contribution in [0.2, 0.25) is 0 Å². The molecule has 44 heavy (non-hydrogen) atoms. The lowest BCUT2D eigenvalue weighted by molar-refractivity contribution is -0.147. The van der Waals surface area contributed by atoms with E-state index in [0.29, 0.717) is 10.7 Å². The number of primary amides is 1. The molecule has 0 spiro atoms. The first-order valence-electron chi connectivity index (χ1n) is 14.4. The van der Waals surface area contributed by atoms with Crippen LogP contribution in [0.5, 0.6) is 5.75 Å². The number of hydrogen-bond acceptors (Lipinski definition) is 11. The summed E-state index contributed by atoms with van der Waals surface area (Å²) >= 11 is 1.38. The fourth-order valence-electron chi connectivity index (χ4n) is 6.70. The Morgan fingerprint density at radius 1 is 1.09 bits per heavy atom. The van der Waals surface area contributed by atoms with Crippen LogP contribution in [0.15, 0.2) is 59.5 Å². The maximum atomic E-state index is 13.7. The molecule has 6 rings (SSSR count). The zero-order valence-corrected chi connectivity index (χ0v) is 24.9. The minimum atomic E-state index is -2.60. The topological polar surface area (TPSA) is 186 Å². The first-order chi connectivity index (χ1) is 21.0. The lowest BCUT2D eigenvalue weighted by Gasteiger charge is -2.46. The van der Waals surface area contributed by atoms with E-state index >= 15 is 0 Å². The Morgan fingerprint density at radius 3 is 2.45 bits per heavy atom. The average Bonchev–Trinajstić information content (AvgIpc) is 3.46. The smallest absolute Gasteiger partial charge is 0.255 e. The van der Waals surface area contributed by atoms with Gasteiger partial charge in [0.05, 0.1) is 16.1 Å². The van der Waals surface area contributed by atoms with E-state index in [9.17, 15) is 34.8 Å². The summed E-state index contributed by atoms with van der Waals surface area (Å²) in [7, 11) is 0. The van der Waals surface area contributed by atoms with Gasteiger partial charge in [0.25, 0.3) is 5.91 Å². The fraction of sp³-hybridized carbons (Fsp3) is 0.312. The van der Waals surface area contributed by atoms with E-state index < -0.39 is 52.0 Å². The molecule has 12 heteroatoms. The highest BCUT2D eigenvalue weighted by molar-refractivity contribution is 7.19. The van der Waals surface area contributed by atoms with Gasteiger partial charge >= 0.3 is 0 Å². The van der Waals surface area contributed by atoms with Crippen molar-refractivity contribution in [1.82, 2.24) is 4.98 Å². The molecule has 228 valence electrons. The third-order valence-electron chi connectivity index (χ3n) is 8.96. The summed E-state index contributed by atoms with van der Waals surface area (Å²) in [6.07, 6.45) is 1.70. The highest BCUT2D eigenvalue weighted by Gasteiger charge is 2.60. The Hall–Kier alpha value is -4.68. The van der Waals surface area contributed by atoms with E-state index in [1.54, 1.807) is 18.3 Å². The highest BCUT2D eigenvalue weighted by atomic mass is 32.1. The summed E-state index contributed by atoms with van der Waals surface area (Å²) < 4.78 is 0. The van der Waals surface area contributed by atoms with Crippen molar-refractivity contribution in [2.45, 2.75) is 38.7 Å². The number of aliphatic hydroxyl groups excluding tert-OH is 2. The number of aliphatic hydroxyl groups is 3. The summed E-state index contributed by atoms with van der Waals surface area (Å²) in [6.45, 7) is 6.04. The van der Waals surface area contributed by atoms with Gasteiger partial charge in [0, 0.05) is 42.9 Å². The van der Waals surface area contributed by atoms with Gasteiger partial charge in [0.2, 0.25) is 5.78 Å². The molecule has 1 aromatic heterocycles. The number of thiazole rings is 1. The lowest BCUT2D eigenvalue weighted by Crippen LogP contribution is -2.58. The predicted molar refractivity (Wildman–Crippen MR) is 166 cm³/mol. The Labute approximate surface area is 257 Å². The third-order valence-corrected chi connectivity index (χ3v) is 9.93. The van der Waals surface area contributed by atoms with Crippen LogP contribution in [0.1, 0.15) is 37.8 Å². The molecular formula is C32H32N4O7S. The number of nitrogens with one attached hydrogen (secondary N) is 1. The van der Waals surface area contributed by atoms with Crippen molar-refractivity contribution in [1.29, 1.82) is 0 Å². The van der Waals surface area contributed by atoms with Crippen LogP contribution >= 0.6 is 11.3 Å². The molecule has 1 saturated carbocycles. The Balaban J connectivity index is 1.31. The number of phenolic OH excluding ortho intramolecular Hbond substituents is 1. The quantitative estimate of drug-likeness (QED) is 0.166. The molecule has 1 heterocycles. The number of benzene rings is 2. The first-order valence-corrected chi connectivity index (χ1v) is 15.2. The number of ketones is 2. The molecule has 0 unspecified atom stereocenters. The number of hydrogen-bond donors (Lipinski definition) is 6. The van der Waals surface area contributed by atoms with Crippen LogP contribution in [0.3, 0.4) is 0 Å². The maximum Gasteiger partial charge on any atom is 0.255 e. The summed E-state index contributed by atoms with van der Waals surface area (Å²) in [5, 5.41) is 48.3. The largest absolute Gasteiger partial charge is 0.508 e. The second-order valence-electron chi connectivity index (χ2n) is 11.3. The standard InChI is InChI=1S/C32H32N4O7S/c1-3-36(4-2)19-8-5-15(6-9-19)22-14-34-31(44-22)35-20-10-7-16-11-17-12-18-13-21(37)25(30(33)42)29(41)32(18,43)28(40)24(17)27(39)23(16)26(20)38/h5-10,14,17-18,38-39,41,43H,3-4,11-13H2,1-2H3,(H2,33,42)(H,34,35)/t17-,18-,32-/m0/s1. The number of nitrogens with zero attached hydrogens (tertiary/aromatic N) is 2. The van der Waals surface area contributed by atoms with Gasteiger partial charge in [0.1, 0.15) is 22.8 Å². The molecule has 3 atom stereocenters. The number of carbonyl (C=O) groups is 3. The number of aromatic hydroxyl groups is 1. The number of nitrogens with two attached hydrogens (primary N) is 1. The third kappa shape index (κ3) is 4.44. The lowest BCUT2D eigenvalue weighted by atomic mass is 9.59. The van der Waals surface area contributed by atoms with Gasteiger partial charge in [-0.3, -0.25) is 14.4 Å². The molecule has 11 nitrogen and oxygen atoms in total. The van der Waals surface area contributed by atoms with E-state index in [1.807, 2.05) is 12.1 Å². The summed E-state index contributed by atoms with van der Waals surface area (Å²) in [5.74, 6) is -6.56. The first kappa shape index (κ1) is 29.4. The average molecular weight is 617 g/mol. The number of fused-ring (bicyclic) bond motifs is 3. The van der Waals surface area contributed by atoms with Crippen LogP contribution in [0, 0.1) is 11.8 Å². The fourth-order valence-corrected chi connectivity index (χ4v) is 7.54. The van der Waals surface area contributed by atoms with Crippen LogP contribution in [-0.2, 0) is 20.8 Å². The highest BCUT2D eigenvalue weighted by Crippen LogP contribution is 2.52. The predicted octanol–water partition coefficient (Wildman–Crippen LogP) is 4.14. The number of anilines is 3. The van der Waals surface area contributed by atoms with Gasteiger partial charge in [-0.2, -0.15) is 0 Å². The van der Waals surface area contributed by atoms with Crippen molar-refractivity contribution in [2.24, 2.45) is 17.6 Å². The molecule has 0 bridgehead atoms. The molecule has 2 aromatic carbocycles. The van der Waals surface area contributed by atoms with Crippen LogP contribution in [0.4, 0.5) is 16.5 Å². The van der Waals surface area contributed by atoms with Crippen LogP contribution in [-0.4, -0.2) is 61.6 Å². The molecule has 3 aromatic rings. The normalized spacial score (nSPS) is 22.8. The Kier molecular flexibility index (Phi) is 7.21. The minimum Gasteiger partial charge on any atom is -0.508 e. The van der Waals surface area contributed by atoms with Crippen molar-refractivity contribution >= 4 is 51.1 Å². The zero-order valence-electron chi connectivity index (χ0n) is 24.1. The van der Waals surface area contributed by atoms with Gasteiger partial charge in [-0.15, -0.1) is 0 Å². The van der Waals surface area contributed by atoms with Crippen LogP contribution < -0.4 is 16.0 Å². The van der Waals surface area contributed by atoms with Crippen molar-refractivity contribution in [3.63, 3.8) is 0 Å². The van der Waals surface area contributed by atoms with Crippen molar-refractivity contribution in [3.8, 4) is 16.2 Å². The van der Waals surface area contributed by atoms with Gasteiger partial charge < -0.3 is 36.4 Å². The van der Waals surface area contributed by atoms with Crippen molar-refractivity contribution < 1.29 is 34.8 Å². The van der Waals surface area contributed by atoms with Crippen LogP contribution in [0.25, 0.3) is 16.2 Å². The molecule has 7 N–H and O–H groups in total. The zero-order chi connectivity index (χ0) is 31.5. The van der Waals surface area contributed by atoms with Crippen molar-refractivity contribution in [3.05, 3.63) is 70.6 Å². The summed E-state index contributed by atoms with van der Waals surface area (Å²) in [6, 6.07) is 11.6. The summed E-state index contributed by atoms with van der Waals surface area (Å²) in [4.78, 5) is 45.6. The van der Waals surface area contributed by atoms with E-state index in [2.05, 4.69) is 41.2 Å². The molecular weight excluding hydrogens is 584 g/mol. The van der Waals surface area contributed by atoms with Gasteiger partial charge in [-0.05, 0) is 61.9 Å². The van der Waals surface area contributed by atoms with Gasteiger partial charge in [-0.25, -0.2) is 4.98 Å². The van der Waals surface area contributed by atoms with E-state index in [0.717, 1.165) is 29.2 Å². The van der Waals surface area contributed by atoms with E-state index in [1.165, 1.54) is 11.3 Å². The maximum absolute atomic E-state index is 13.7. The molecule has 1 fully saturated rings. The second kappa shape index (κ2) is 10.8. The summed E-state index contributed by atoms with van der Waals surface area (Å²) in [5.41, 5.74) is 4.62. The molecule has 0 saturated heterocycles. The molecule has 1 amide bonds. The van der Waals surface area contributed by atoms with Crippen molar-refractivity contribution in [2.75, 3.05) is 23.3 Å². The number of phenols is 1. The van der Waals surface area contributed by atoms with E-state index in [4.69, 9.17) is 5.73 Å². The monoisotopic (exact) mass is 616 g/mol. The van der Waals surface area contributed by atoms with Gasteiger partial charge in [0.15, 0.2) is 16.5 Å². The van der Waals surface area contributed by atoms with E-state index in [-0.39, 0.29) is 41.8 Å². The van der Waals surface area contributed by atoms with Gasteiger partial charge in [-0.1, -0.05) is 29.5 Å². The minimum absolute atomic E-state index is 0.0194. The number of carbonyl (C=O) groups excluding carboxylic acids is 3. The Morgan fingerprint density at radius 2 is 1.80 bits per heavy atom.